The Bertz CT molecular complexity index is 1490. The molecule has 0 aliphatic carbocycles. The molecule has 3 aliphatic rings. The standard InChI is InChI=1S/C10H11BO2.C10H13NO2.C10H10O2.C6H6O2.C4H6Cl2.4C2H6.CH4/c2*11-5-8-6-12-9-3-1-2-4-10(9)13-7-8;1-8-6-11-9-4-2-3-5-10(9)12-7-8;7-5-3-1-2-4-6(5)8;1-4(2-5)3-6;4*1-2;/h1-4,8H,5-7H2;1-4,8H,5-7,11H2;2-5H,1,6-7H2;1-4,7-8H;1-3H2;4*1-2H3;1H4. The van der Waals surface area contributed by atoms with Crippen LogP contribution in [-0.4, -0.2) is 76.0 Å². The predicted octanol–water partition coefficient (Wildman–Crippen LogP) is 12.6. The van der Waals surface area contributed by atoms with Gasteiger partial charge >= 0.3 is 0 Å². The van der Waals surface area contributed by atoms with Gasteiger partial charge in [0.05, 0.1) is 34.3 Å². The van der Waals surface area contributed by atoms with Crippen LogP contribution in [0.25, 0.3) is 0 Å². The Balaban J connectivity index is -0.000000672. The molecule has 2 radical (unpaired) electrons. The van der Waals surface area contributed by atoms with E-state index < -0.39 is 0 Å². The fraction of sp³-hybridized carbons (Fsp3) is 0.429. The summed E-state index contributed by atoms with van der Waals surface area (Å²) in [6.45, 7) is 27.6. The van der Waals surface area contributed by atoms with Gasteiger partial charge in [0.25, 0.3) is 0 Å². The zero-order valence-electron chi connectivity index (χ0n) is 37.1. The van der Waals surface area contributed by atoms with Gasteiger partial charge in [-0.15, -0.1) is 23.2 Å². The number of ether oxygens (including phenoxy) is 6. The predicted molar refractivity (Wildman–Crippen MR) is 261 cm³/mol. The number of phenolic OH excluding ortho intramolecular Hbond substituents is 2. The number of allylic oxidation sites excluding steroid dienone is 1. The number of aromatic hydroxyl groups is 2. The minimum Gasteiger partial charge on any atom is -0.504 e. The first-order valence-electron chi connectivity index (χ1n) is 20.6. The lowest BCUT2D eigenvalue weighted by molar-refractivity contribution is 0.219. The molecule has 0 amide bonds. The van der Waals surface area contributed by atoms with Crippen molar-refractivity contribution < 1.29 is 38.6 Å². The highest BCUT2D eigenvalue weighted by Crippen LogP contribution is 2.31. The SMILES string of the molecule is C.C=C(CCl)CCl.C=C1COc2ccccc2OC1.CC.CC.CC.CC.NCC1COc2ccccc2OC1.Oc1ccccc1O.[B]CC1COc2ccccc2OC1. The van der Waals surface area contributed by atoms with Crippen molar-refractivity contribution in [1.82, 2.24) is 0 Å². The van der Waals surface area contributed by atoms with E-state index in [1.54, 1.807) is 12.1 Å². The Morgan fingerprint density at radius 3 is 1.05 bits per heavy atom. The first-order valence-corrected chi connectivity index (χ1v) is 21.7. The van der Waals surface area contributed by atoms with Gasteiger partial charge in [-0.25, -0.2) is 0 Å². The smallest absolute Gasteiger partial charge is 0.161 e. The number of rotatable bonds is 4. The minimum atomic E-state index is -0.0764. The summed E-state index contributed by atoms with van der Waals surface area (Å²) in [6, 6.07) is 29.2. The monoisotopic (exact) mass is 885 g/mol. The van der Waals surface area contributed by atoms with Crippen LogP contribution in [0, 0.1) is 11.8 Å². The number of hydrogen-bond acceptors (Lipinski definition) is 9. The van der Waals surface area contributed by atoms with Crippen molar-refractivity contribution in [2.75, 3.05) is 57.9 Å². The molecule has 9 nitrogen and oxygen atoms in total. The molecular formula is C49H74BCl2NO8. The lowest BCUT2D eigenvalue weighted by atomic mass is 9.92. The summed E-state index contributed by atoms with van der Waals surface area (Å²) in [5.74, 6) is 6.27. The van der Waals surface area contributed by atoms with Crippen molar-refractivity contribution in [2.24, 2.45) is 17.6 Å². The van der Waals surface area contributed by atoms with Gasteiger partial charge in [0, 0.05) is 30.1 Å². The highest BCUT2D eigenvalue weighted by Gasteiger charge is 2.17. The molecule has 0 bridgehead atoms. The molecule has 340 valence electrons. The Morgan fingerprint density at radius 2 is 0.820 bits per heavy atom. The van der Waals surface area contributed by atoms with Crippen LogP contribution in [0.15, 0.2) is 121 Å². The van der Waals surface area contributed by atoms with Gasteiger partial charge in [-0.3, -0.25) is 0 Å². The van der Waals surface area contributed by atoms with Crippen LogP contribution in [0.4, 0.5) is 0 Å². The molecule has 0 fully saturated rings. The fourth-order valence-corrected chi connectivity index (χ4v) is 4.45. The van der Waals surface area contributed by atoms with E-state index in [-0.39, 0.29) is 18.9 Å². The molecule has 0 saturated heterocycles. The second-order valence-electron chi connectivity index (χ2n) is 11.6. The van der Waals surface area contributed by atoms with Gasteiger partial charge in [0.2, 0.25) is 0 Å². The summed E-state index contributed by atoms with van der Waals surface area (Å²) in [4.78, 5) is 0. The summed E-state index contributed by atoms with van der Waals surface area (Å²) in [5.41, 5.74) is 7.39. The molecule has 0 saturated carbocycles. The van der Waals surface area contributed by atoms with Gasteiger partial charge in [0.15, 0.2) is 46.0 Å². The second-order valence-corrected chi connectivity index (χ2v) is 12.2. The lowest BCUT2D eigenvalue weighted by Crippen LogP contribution is -2.25. The van der Waals surface area contributed by atoms with E-state index in [0.29, 0.717) is 76.1 Å². The van der Waals surface area contributed by atoms with Crippen LogP contribution in [0.3, 0.4) is 0 Å². The lowest BCUT2D eigenvalue weighted by Gasteiger charge is -2.09. The first kappa shape index (κ1) is 60.7. The Morgan fingerprint density at radius 1 is 0.557 bits per heavy atom. The summed E-state index contributed by atoms with van der Waals surface area (Å²) in [7, 11) is 5.55. The maximum atomic E-state index is 8.67. The van der Waals surface area contributed by atoms with Crippen molar-refractivity contribution in [3.8, 4) is 46.0 Å². The van der Waals surface area contributed by atoms with Crippen LogP contribution in [0.5, 0.6) is 46.0 Å². The highest BCUT2D eigenvalue weighted by atomic mass is 35.5. The van der Waals surface area contributed by atoms with Crippen molar-refractivity contribution in [3.63, 3.8) is 0 Å². The highest BCUT2D eigenvalue weighted by molar-refractivity contribution is 6.23. The third kappa shape index (κ3) is 26.3. The van der Waals surface area contributed by atoms with Gasteiger partial charge in [0.1, 0.15) is 13.2 Å². The molecule has 3 heterocycles. The van der Waals surface area contributed by atoms with E-state index in [1.807, 2.05) is 128 Å². The van der Waals surface area contributed by atoms with Gasteiger partial charge in [-0.2, -0.15) is 0 Å². The molecule has 61 heavy (non-hydrogen) atoms. The summed E-state index contributed by atoms with van der Waals surface area (Å²) in [6.07, 6.45) is 0.605. The molecule has 0 spiro atoms. The molecule has 12 heteroatoms. The maximum Gasteiger partial charge on any atom is 0.161 e. The Labute approximate surface area is 380 Å². The maximum absolute atomic E-state index is 8.67. The largest absolute Gasteiger partial charge is 0.504 e. The van der Waals surface area contributed by atoms with Crippen molar-refractivity contribution >= 4 is 31.0 Å². The van der Waals surface area contributed by atoms with E-state index >= 15 is 0 Å². The number of benzene rings is 4. The van der Waals surface area contributed by atoms with Crippen LogP contribution in [0.1, 0.15) is 62.8 Å². The molecule has 4 N–H and O–H groups in total. The van der Waals surface area contributed by atoms with Gasteiger partial charge in [-0.05, 0) is 59.7 Å². The van der Waals surface area contributed by atoms with Gasteiger partial charge < -0.3 is 44.4 Å². The molecule has 3 aliphatic heterocycles. The summed E-state index contributed by atoms with van der Waals surface area (Å²) >= 11 is 10.5. The molecule has 4 aromatic rings. The third-order valence-electron chi connectivity index (χ3n) is 7.24. The quantitative estimate of drug-likeness (QED) is 0.0796. The van der Waals surface area contributed by atoms with Crippen LogP contribution in [0.2, 0.25) is 6.32 Å². The first-order chi connectivity index (χ1) is 29.3. The topological polar surface area (TPSA) is 122 Å². The zero-order valence-corrected chi connectivity index (χ0v) is 38.6. The average molecular weight is 887 g/mol. The zero-order chi connectivity index (χ0) is 45.6. The number of hydrogen-bond donors (Lipinski definition) is 3. The van der Waals surface area contributed by atoms with E-state index in [9.17, 15) is 0 Å². The van der Waals surface area contributed by atoms with Crippen molar-refractivity contribution in [1.29, 1.82) is 0 Å². The van der Waals surface area contributed by atoms with E-state index in [0.717, 1.165) is 45.6 Å². The average Bonchev–Trinajstić information content (AvgIpc) is 3.77. The fourth-order valence-electron chi connectivity index (χ4n) is 4.17. The molecule has 7 rings (SSSR count). The molecule has 0 aromatic heterocycles. The number of alkyl halides is 2. The number of fused-ring (bicyclic) bond motifs is 3. The Kier molecular flexibility index (Phi) is 40.5. The third-order valence-corrected chi connectivity index (χ3v) is 7.99. The number of phenols is 2. The van der Waals surface area contributed by atoms with Crippen LogP contribution in [-0.2, 0) is 0 Å². The summed E-state index contributed by atoms with van der Waals surface area (Å²) < 4.78 is 33.1. The van der Waals surface area contributed by atoms with Crippen molar-refractivity contribution in [3.05, 3.63) is 121 Å². The molecule has 0 unspecified atom stereocenters. The molecule has 4 aromatic carbocycles. The van der Waals surface area contributed by atoms with E-state index in [4.69, 9.17) is 75.4 Å². The van der Waals surface area contributed by atoms with Crippen LogP contribution < -0.4 is 34.2 Å². The number of para-hydroxylation sites is 8. The summed E-state index contributed by atoms with van der Waals surface area (Å²) in [5, 5.41) is 17.3. The van der Waals surface area contributed by atoms with Crippen LogP contribution >= 0.6 is 23.2 Å². The van der Waals surface area contributed by atoms with E-state index in [2.05, 4.69) is 13.2 Å². The minimum absolute atomic E-state index is 0. The normalized spacial score (nSPS) is 12.5. The molecule has 0 atom stereocenters. The Hall–Kier alpha value is -4.64. The number of nitrogens with two attached hydrogens (primary N) is 1. The second kappa shape index (κ2) is 40.8. The van der Waals surface area contributed by atoms with Crippen molar-refractivity contribution in [2.45, 2.75) is 69.1 Å². The van der Waals surface area contributed by atoms with E-state index in [1.165, 1.54) is 12.1 Å². The molecular weight excluding hydrogens is 812 g/mol. The number of halogens is 2. The van der Waals surface area contributed by atoms with Gasteiger partial charge in [-0.1, -0.05) is 131 Å².